The van der Waals surface area contributed by atoms with Gasteiger partial charge in [0.15, 0.2) is 0 Å². The van der Waals surface area contributed by atoms with E-state index in [-0.39, 0.29) is 5.92 Å². The topological polar surface area (TPSA) is 0 Å². The van der Waals surface area contributed by atoms with Crippen LogP contribution in [0.25, 0.3) is 16.7 Å². The molecule has 0 fully saturated rings. The molecule has 2 aliphatic carbocycles. The van der Waals surface area contributed by atoms with E-state index in [0.29, 0.717) is 0 Å². The molecule has 0 aromatic heterocycles. The summed E-state index contributed by atoms with van der Waals surface area (Å²) < 4.78 is 0. The van der Waals surface area contributed by atoms with Crippen LogP contribution in [0, 0.1) is 5.92 Å². The van der Waals surface area contributed by atoms with Gasteiger partial charge in [-0.05, 0) is 22.3 Å². The van der Waals surface area contributed by atoms with E-state index in [2.05, 4.69) is 121 Å². The Labute approximate surface area is 166 Å². The number of allylic oxidation sites excluding steroid dienone is 7. The Morgan fingerprint density at radius 3 is 1.79 bits per heavy atom. The molecule has 0 nitrogen and oxygen atoms in total. The highest BCUT2D eigenvalue weighted by Gasteiger charge is 2.28. The Hall–Kier alpha value is -3.60. The van der Waals surface area contributed by atoms with E-state index in [4.69, 9.17) is 0 Å². The molecule has 3 aromatic carbocycles. The first-order chi connectivity index (χ1) is 13.9. The van der Waals surface area contributed by atoms with Crippen molar-refractivity contribution in [1.29, 1.82) is 0 Å². The molecule has 2 aliphatic rings. The molecule has 0 heteroatoms. The number of benzene rings is 3. The van der Waals surface area contributed by atoms with Gasteiger partial charge in [0, 0.05) is 22.6 Å². The van der Waals surface area contributed by atoms with Gasteiger partial charge in [-0.3, -0.25) is 0 Å². The highest BCUT2D eigenvalue weighted by Crippen LogP contribution is 2.45. The van der Waals surface area contributed by atoms with Crippen LogP contribution >= 0.6 is 0 Å². The second-order valence-electron chi connectivity index (χ2n) is 7.06. The highest BCUT2D eigenvalue weighted by molar-refractivity contribution is 6.10. The molecule has 0 N–H and O–H groups in total. The average Bonchev–Trinajstić information content (AvgIpc) is 2.80. The van der Waals surface area contributed by atoms with Crippen LogP contribution < -0.4 is 0 Å². The quantitative estimate of drug-likeness (QED) is 0.445. The van der Waals surface area contributed by atoms with E-state index in [9.17, 15) is 0 Å². The molecule has 132 valence electrons. The lowest BCUT2D eigenvalue weighted by Crippen LogP contribution is -2.11. The normalized spacial score (nSPS) is 17.8. The summed E-state index contributed by atoms with van der Waals surface area (Å²) in [6.07, 6.45) is 8.84. The standard InChI is InChI=1S/C28H20/c1-4-12-21(13-5-1)26-20-27(22-14-6-2-7-15-22)28(23-16-8-3-9-17-23)25-19-11-10-18-24(25)26/h1-19,24H. The minimum Gasteiger partial charge on any atom is -0.106 e. The fourth-order valence-electron chi connectivity index (χ4n) is 4.06. The highest BCUT2D eigenvalue weighted by atomic mass is 14.3. The third kappa shape index (κ3) is 2.91. The zero-order valence-corrected chi connectivity index (χ0v) is 15.5. The summed E-state index contributed by atoms with van der Waals surface area (Å²) in [7, 11) is 0. The summed E-state index contributed by atoms with van der Waals surface area (Å²) in [5, 5.41) is 0. The Kier molecular flexibility index (Phi) is 4.26. The van der Waals surface area contributed by atoms with E-state index in [1.54, 1.807) is 0 Å². The Bertz CT molecular complexity index is 1150. The molecule has 0 saturated carbocycles. The third-order valence-electron chi connectivity index (χ3n) is 5.34. The van der Waals surface area contributed by atoms with E-state index >= 15 is 0 Å². The molecule has 0 spiro atoms. The van der Waals surface area contributed by atoms with Crippen molar-refractivity contribution in [2.24, 2.45) is 5.92 Å². The molecule has 0 saturated heterocycles. The first-order valence-electron chi connectivity index (χ1n) is 9.68. The van der Waals surface area contributed by atoms with Crippen molar-refractivity contribution in [3.8, 4) is 0 Å². The van der Waals surface area contributed by atoms with Gasteiger partial charge in [0.05, 0.1) is 0 Å². The van der Waals surface area contributed by atoms with Crippen LogP contribution in [0.1, 0.15) is 16.7 Å². The molecule has 0 radical (unpaired) electrons. The first-order valence-corrected chi connectivity index (χ1v) is 9.68. The molecule has 0 aliphatic heterocycles. The lowest BCUT2D eigenvalue weighted by atomic mass is 9.74. The minimum atomic E-state index is 0.218. The van der Waals surface area contributed by atoms with Crippen LogP contribution in [0.2, 0.25) is 0 Å². The second-order valence-corrected chi connectivity index (χ2v) is 7.06. The van der Waals surface area contributed by atoms with Crippen molar-refractivity contribution in [3.63, 3.8) is 0 Å². The average molecular weight is 356 g/mol. The molecule has 28 heavy (non-hydrogen) atoms. The van der Waals surface area contributed by atoms with E-state index in [0.717, 1.165) is 5.57 Å². The van der Waals surface area contributed by atoms with E-state index in [1.165, 1.54) is 33.4 Å². The smallest absolute Gasteiger partial charge is 0.0358 e. The predicted molar refractivity (Wildman–Crippen MR) is 118 cm³/mol. The van der Waals surface area contributed by atoms with E-state index in [1.807, 2.05) is 0 Å². The number of fused-ring (bicyclic) bond motifs is 1. The zero-order valence-electron chi connectivity index (χ0n) is 15.5. The summed E-state index contributed by atoms with van der Waals surface area (Å²) in [6, 6.07) is 31.9. The lowest BCUT2D eigenvalue weighted by Gasteiger charge is -2.28. The van der Waals surface area contributed by atoms with Crippen molar-refractivity contribution in [2.75, 3.05) is 0 Å². The van der Waals surface area contributed by atoms with Gasteiger partial charge in [-0.2, -0.15) is 0 Å². The van der Waals surface area contributed by atoms with Gasteiger partial charge in [-0.1, -0.05) is 115 Å². The van der Waals surface area contributed by atoms with Crippen LogP contribution in [0.3, 0.4) is 0 Å². The van der Waals surface area contributed by atoms with Gasteiger partial charge >= 0.3 is 0 Å². The Morgan fingerprint density at radius 2 is 1.14 bits per heavy atom. The zero-order chi connectivity index (χ0) is 18.8. The van der Waals surface area contributed by atoms with Gasteiger partial charge in [0.1, 0.15) is 0 Å². The van der Waals surface area contributed by atoms with Crippen molar-refractivity contribution in [3.05, 3.63) is 143 Å². The van der Waals surface area contributed by atoms with Crippen molar-refractivity contribution >= 4 is 16.7 Å². The number of hydrogen-bond acceptors (Lipinski definition) is 0. The summed E-state index contributed by atoms with van der Waals surface area (Å²) in [5.41, 5.74) is 12.5. The van der Waals surface area contributed by atoms with Gasteiger partial charge in [-0.25, -0.2) is 0 Å². The monoisotopic (exact) mass is 356 g/mol. The summed E-state index contributed by atoms with van der Waals surface area (Å²) in [5.74, 6) is 0.218. The van der Waals surface area contributed by atoms with Crippen LogP contribution in [-0.4, -0.2) is 0 Å². The van der Waals surface area contributed by atoms with Crippen molar-refractivity contribution < 1.29 is 0 Å². The maximum atomic E-state index is 3.82. The molecular formula is C28H20. The van der Waals surface area contributed by atoms with Crippen LogP contribution in [-0.2, 0) is 0 Å². The molecule has 1 unspecified atom stereocenters. The van der Waals surface area contributed by atoms with Crippen LogP contribution in [0.5, 0.6) is 0 Å². The largest absolute Gasteiger partial charge is 0.106 e. The molecule has 1 atom stereocenters. The summed E-state index contributed by atoms with van der Waals surface area (Å²) >= 11 is 0. The Morgan fingerprint density at radius 1 is 0.571 bits per heavy atom. The maximum absolute atomic E-state index is 3.82. The molecular weight excluding hydrogens is 336 g/mol. The van der Waals surface area contributed by atoms with Gasteiger partial charge in [0.2, 0.25) is 0 Å². The minimum absolute atomic E-state index is 0.218. The second kappa shape index (κ2) is 7.19. The molecule has 0 heterocycles. The fraction of sp³-hybridized carbons (Fsp3) is 0.0357. The third-order valence-corrected chi connectivity index (χ3v) is 5.34. The maximum Gasteiger partial charge on any atom is 0.0358 e. The first kappa shape index (κ1) is 16.6. The molecule has 0 bridgehead atoms. The molecule has 5 rings (SSSR count). The fourth-order valence-corrected chi connectivity index (χ4v) is 4.06. The number of rotatable bonds is 3. The predicted octanol–water partition coefficient (Wildman–Crippen LogP) is 6.96. The lowest BCUT2D eigenvalue weighted by molar-refractivity contribution is 1.02. The summed E-state index contributed by atoms with van der Waals surface area (Å²) in [4.78, 5) is 0. The van der Waals surface area contributed by atoms with Gasteiger partial charge < -0.3 is 0 Å². The number of hydrogen-bond donors (Lipinski definition) is 0. The summed E-state index contributed by atoms with van der Waals surface area (Å²) in [6.45, 7) is 0. The SMILES string of the molecule is C1=C(c2ccccc2)C(c2ccccc2)=C2C=CC=CC2C=1c1ccccc1. The van der Waals surface area contributed by atoms with Crippen molar-refractivity contribution in [1.82, 2.24) is 0 Å². The Balaban J connectivity index is 1.85. The molecule has 0 amide bonds. The van der Waals surface area contributed by atoms with E-state index < -0.39 is 0 Å². The van der Waals surface area contributed by atoms with Crippen molar-refractivity contribution in [2.45, 2.75) is 0 Å². The van der Waals surface area contributed by atoms with Gasteiger partial charge in [0.25, 0.3) is 0 Å². The molecule has 3 aromatic rings. The van der Waals surface area contributed by atoms with Crippen LogP contribution in [0.4, 0.5) is 0 Å². The van der Waals surface area contributed by atoms with Crippen LogP contribution in [0.15, 0.2) is 127 Å². The van der Waals surface area contributed by atoms with Gasteiger partial charge in [-0.15, -0.1) is 5.73 Å².